The van der Waals surface area contributed by atoms with E-state index in [9.17, 15) is 5.11 Å². The summed E-state index contributed by atoms with van der Waals surface area (Å²) in [7, 11) is 0.0269. The normalized spacial score (nSPS) is 14.5. The number of hydrogen-bond acceptors (Lipinski definition) is 1. The topological polar surface area (TPSA) is 20.2 Å². The van der Waals surface area contributed by atoms with Crippen molar-refractivity contribution in [2.75, 3.05) is 0 Å². The number of thiophene rings is 1. The first-order valence-electron chi connectivity index (χ1n) is 6.87. The molecule has 1 atom stereocenters. The number of phenols is 1. The van der Waals surface area contributed by atoms with Crippen molar-refractivity contribution in [3.8, 4) is 10.6 Å². The van der Waals surface area contributed by atoms with Crippen molar-refractivity contribution in [2.45, 2.75) is 12.8 Å². The molecule has 1 aromatic heterocycles. The van der Waals surface area contributed by atoms with Crippen LogP contribution in [0.1, 0.15) is 16.9 Å². The van der Waals surface area contributed by atoms with Crippen LogP contribution < -0.4 is 0 Å². The van der Waals surface area contributed by atoms with Gasteiger partial charge in [0.1, 0.15) is 5.75 Å². The average Bonchev–Trinajstić information content (AvgIpc) is 2.83. The minimum Gasteiger partial charge on any atom is -0.508 e. The first kappa shape index (κ1) is 11.7. The van der Waals surface area contributed by atoms with Crippen LogP contribution in [0.4, 0.5) is 0 Å². The molecular formula is C18H15OS+. The smallest absolute Gasteiger partial charge is 0.187 e. The van der Waals surface area contributed by atoms with Crippen LogP contribution in [0.3, 0.4) is 0 Å². The third-order valence-corrected chi connectivity index (χ3v) is 6.30. The number of rotatable bonds is 1. The summed E-state index contributed by atoms with van der Waals surface area (Å²) in [5.41, 5.74) is 1.42. The number of aromatic hydroxyl groups is 1. The molecule has 3 aromatic rings. The Bertz CT molecular complexity index is 809. The molecule has 0 radical (unpaired) electrons. The minimum atomic E-state index is 0.0269. The fraction of sp³-hybridized carbons (Fsp3) is 0.111. The third-order valence-electron chi connectivity index (χ3n) is 3.84. The SMILES string of the molecule is Oc1ccc(-[s+]2c3c(c4ccccc42)C=CCC3)cc1. The maximum absolute atomic E-state index is 9.51. The van der Waals surface area contributed by atoms with Gasteiger partial charge in [-0.15, -0.1) is 0 Å². The highest BCUT2D eigenvalue weighted by Gasteiger charge is 2.28. The average molecular weight is 279 g/mol. The number of benzene rings is 2. The highest BCUT2D eigenvalue weighted by Crippen LogP contribution is 2.49. The van der Waals surface area contributed by atoms with Gasteiger partial charge in [0.05, 0.1) is 0 Å². The number of hydrogen-bond donors (Lipinski definition) is 1. The second-order valence-electron chi connectivity index (χ2n) is 5.07. The zero-order valence-electron chi connectivity index (χ0n) is 11.0. The van der Waals surface area contributed by atoms with E-state index in [1.807, 2.05) is 0 Å². The van der Waals surface area contributed by atoms with Gasteiger partial charge in [-0.1, -0.05) is 24.3 Å². The molecule has 1 heterocycles. The van der Waals surface area contributed by atoms with Gasteiger partial charge in [-0.2, -0.15) is 0 Å². The second-order valence-corrected chi connectivity index (χ2v) is 7.09. The van der Waals surface area contributed by atoms with Crippen molar-refractivity contribution >= 4 is 26.6 Å². The van der Waals surface area contributed by atoms with E-state index in [0.717, 1.165) is 12.8 Å². The van der Waals surface area contributed by atoms with E-state index >= 15 is 0 Å². The van der Waals surface area contributed by atoms with Crippen molar-refractivity contribution in [3.63, 3.8) is 0 Å². The number of phenolic OH excluding ortho intramolecular Hbond substituents is 1. The molecule has 0 amide bonds. The maximum Gasteiger partial charge on any atom is 0.187 e. The Morgan fingerprint density at radius 1 is 0.950 bits per heavy atom. The molecule has 1 unspecified atom stereocenters. The Morgan fingerprint density at radius 2 is 1.75 bits per heavy atom. The van der Waals surface area contributed by atoms with Gasteiger partial charge in [0.15, 0.2) is 14.5 Å². The molecular weight excluding hydrogens is 264 g/mol. The first-order valence-corrected chi connectivity index (χ1v) is 8.09. The lowest BCUT2D eigenvalue weighted by Crippen LogP contribution is -1.89. The highest BCUT2D eigenvalue weighted by atomic mass is 32.2. The Labute approximate surface area is 120 Å². The standard InChI is InChI=1S/C18H14OS/c19-13-9-11-14(12-10-13)20-17-7-3-1-5-15(17)16-6-2-4-8-18(16)20/h1-3,5-7,9-12H,4,8H2/p+1. The molecule has 1 N–H and O–H groups in total. The predicted octanol–water partition coefficient (Wildman–Crippen LogP) is 5.24. The molecule has 0 aliphatic heterocycles. The molecule has 1 nitrogen and oxygen atoms in total. The van der Waals surface area contributed by atoms with E-state index in [-0.39, 0.29) is 10.5 Å². The van der Waals surface area contributed by atoms with Crippen LogP contribution in [0.2, 0.25) is 0 Å². The highest BCUT2D eigenvalue weighted by molar-refractivity contribution is 7.45. The van der Waals surface area contributed by atoms with E-state index in [1.165, 1.54) is 20.5 Å². The van der Waals surface area contributed by atoms with Crippen LogP contribution in [-0.2, 0) is 6.42 Å². The quantitative estimate of drug-likeness (QED) is 0.604. The van der Waals surface area contributed by atoms with E-state index < -0.39 is 0 Å². The van der Waals surface area contributed by atoms with E-state index in [4.69, 9.17) is 0 Å². The van der Waals surface area contributed by atoms with Gasteiger partial charge in [-0.05, 0) is 30.7 Å². The Kier molecular flexibility index (Phi) is 2.64. The lowest BCUT2D eigenvalue weighted by Gasteiger charge is -2.02. The molecule has 2 heteroatoms. The van der Waals surface area contributed by atoms with Crippen molar-refractivity contribution < 1.29 is 5.11 Å². The van der Waals surface area contributed by atoms with Gasteiger partial charge in [0.25, 0.3) is 0 Å². The van der Waals surface area contributed by atoms with Crippen LogP contribution >= 0.6 is 10.5 Å². The van der Waals surface area contributed by atoms with Crippen molar-refractivity contribution in [3.05, 3.63) is 65.0 Å². The fourth-order valence-corrected chi connectivity index (χ4v) is 5.49. The van der Waals surface area contributed by atoms with Gasteiger partial charge in [0, 0.05) is 40.0 Å². The van der Waals surface area contributed by atoms with Crippen molar-refractivity contribution in [1.29, 1.82) is 0 Å². The molecule has 0 saturated heterocycles. The van der Waals surface area contributed by atoms with Gasteiger partial charge < -0.3 is 5.11 Å². The van der Waals surface area contributed by atoms with Gasteiger partial charge >= 0.3 is 0 Å². The molecule has 0 saturated carbocycles. The molecule has 0 bridgehead atoms. The van der Waals surface area contributed by atoms with Gasteiger partial charge in [-0.25, -0.2) is 0 Å². The van der Waals surface area contributed by atoms with Crippen molar-refractivity contribution in [2.24, 2.45) is 0 Å². The summed E-state index contributed by atoms with van der Waals surface area (Å²) in [6, 6.07) is 16.4. The zero-order chi connectivity index (χ0) is 13.5. The number of fused-ring (bicyclic) bond motifs is 3. The molecule has 20 heavy (non-hydrogen) atoms. The molecule has 1 aliphatic carbocycles. The molecule has 0 spiro atoms. The Hall–Kier alpha value is -2.06. The van der Waals surface area contributed by atoms with Crippen LogP contribution in [0.5, 0.6) is 5.75 Å². The summed E-state index contributed by atoms with van der Waals surface area (Å²) in [5.74, 6) is 0.336. The first-order chi connectivity index (χ1) is 9.84. The Morgan fingerprint density at radius 3 is 2.60 bits per heavy atom. The summed E-state index contributed by atoms with van der Waals surface area (Å²) in [4.78, 5) is 2.86. The van der Waals surface area contributed by atoms with Crippen LogP contribution in [0.25, 0.3) is 21.1 Å². The monoisotopic (exact) mass is 279 g/mol. The predicted molar refractivity (Wildman–Crippen MR) is 86.8 cm³/mol. The molecule has 2 aromatic carbocycles. The summed E-state index contributed by atoms with van der Waals surface area (Å²) in [5, 5.41) is 10.9. The Balaban J connectivity index is 2.08. The van der Waals surface area contributed by atoms with Crippen LogP contribution in [-0.4, -0.2) is 5.11 Å². The molecule has 0 fully saturated rings. The number of allylic oxidation sites excluding steroid dienone is 1. The van der Waals surface area contributed by atoms with E-state index in [1.54, 1.807) is 17.0 Å². The molecule has 4 rings (SSSR count). The van der Waals surface area contributed by atoms with Gasteiger partial charge in [-0.3, -0.25) is 0 Å². The maximum atomic E-state index is 9.51. The fourth-order valence-electron chi connectivity index (χ4n) is 2.95. The lowest BCUT2D eigenvalue weighted by molar-refractivity contribution is 0.475. The summed E-state index contributed by atoms with van der Waals surface area (Å²) in [6.07, 6.45) is 6.84. The van der Waals surface area contributed by atoms with Crippen LogP contribution in [0.15, 0.2) is 54.6 Å². The summed E-state index contributed by atoms with van der Waals surface area (Å²) < 4.78 is 1.43. The minimum absolute atomic E-state index is 0.0269. The van der Waals surface area contributed by atoms with Crippen molar-refractivity contribution in [1.82, 2.24) is 0 Å². The summed E-state index contributed by atoms with van der Waals surface area (Å²) in [6.45, 7) is 0. The zero-order valence-corrected chi connectivity index (χ0v) is 11.9. The van der Waals surface area contributed by atoms with E-state index in [0.29, 0.717) is 5.75 Å². The van der Waals surface area contributed by atoms with Gasteiger partial charge in [0.2, 0.25) is 0 Å². The van der Waals surface area contributed by atoms with Crippen LogP contribution in [0, 0.1) is 0 Å². The largest absolute Gasteiger partial charge is 0.508 e. The van der Waals surface area contributed by atoms with E-state index in [2.05, 4.69) is 48.6 Å². The third kappa shape index (κ3) is 1.69. The molecule has 1 aliphatic rings. The lowest BCUT2D eigenvalue weighted by atomic mass is 10.0. The second kappa shape index (κ2) is 4.50. The molecule has 98 valence electrons. The summed E-state index contributed by atoms with van der Waals surface area (Å²) >= 11 is 0.